The molecule has 2 aliphatic rings. The fraction of sp³-hybridized carbons (Fsp3) is 0.600. The summed E-state index contributed by atoms with van der Waals surface area (Å²) in [5.74, 6) is 0.500. The van der Waals surface area contributed by atoms with Gasteiger partial charge in [-0.1, -0.05) is 12.5 Å². The summed E-state index contributed by atoms with van der Waals surface area (Å²) in [5.41, 5.74) is 1.72. The first-order valence-electron chi connectivity index (χ1n) is 6.85. The lowest BCUT2D eigenvalue weighted by Gasteiger charge is -2.37. The number of fused-ring (bicyclic) bond motifs is 2. The Morgan fingerprint density at radius 2 is 2.06 bits per heavy atom. The van der Waals surface area contributed by atoms with Crippen molar-refractivity contribution in [3.05, 3.63) is 29.6 Å². The molecule has 2 aliphatic heterocycles. The zero-order chi connectivity index (χ0) is 12.5. The molecule has 0 spiro atoms. The number of Topliss-reactive ketones (excluding diaryl/α,β-unsaturated/α-hetero) is 1. The zero-order valence-corrected chi connectivity index (χ0v) is 11.6. The Hall–Kier alpha value is -0.830. The molecule has 3 rings (SSSR count). The number of rotatable bonds is 2. The van der Waals surface area contributed by atoms with E-state index in [1.54, 1.807) is 6.20 Å². The van der Waals surface area contributed by atoms with Crippen molar-refractivity contribution in [2.75, 3.05) is 0 Å². The maximum atomic E-state index is 12.6. The molecule has 0 saturated carbocycles. The molecule has 3 heteroatoms. The van der Waals surface area contributed by atoms with Crippen LogP contribution < -0.4 is 0 Å². The predicted octanol–water partition coefficient (Wildman–Crippen LogP) is 3.64. The standard InChI is InChI=1S/C15H19NOS/c1-10-4-3-7-16-14(10)15(17)11-8-12-5-2-6-13(9-11)18-12/h3-4,7,11-13H,2,5-6,8-9H2,1H3. The minimum atomic E-state index is 0.218. The Balaban J connectivity index is 1.79. The number of pyridine rings is 1. The highest BCUT2D eigenvalue weighted by Crippen LogP contribution is 2.44. The van der Waals surface area contributed by atoms with Crippen molar-refractivity contribution in [3.63, 3.8) is 0 Å². The fourth-order valence-electron chi connectivity index (χ4n) is 3.21. The van der Waals surface area contributed by atoms with E-state index in [9.17, 15) is 4.79 Å². The number of hydrogen-bond donors (Lipinski definition) is 0. The first-order chi connectivity index (χ1) is 8.74. The molecule has 2 nitrogen and oxygen atoms in total. The molecule has 0 aliphatic carbocycles. The molecular formula is C15H19NOS. The lowest BCUT2D eigenvalue weighted by Crippen LogP contribution is -2.33. The average Bonchev–Trinajstić information content (AvgIpc) is 2.38. The highest BCUT2D eigenvalue weighted by Gasteiger charge is 2.36. The van der Waals surface area contributed by atoms with Gasteiger partial charge in [-0.25, -0.2) is 0 Å². The Bertz CT molecular complexity index is 448. The monoisotopic (exact) mass is 261 g/mol. The molecule has 0 N–H and O–H groups in total. The number of aromatic nitrogens is 1. The van der Waals surface area contributed by atoms with E-state index in [1.165, 1.54) is 19.3 Å². The van der Waals surface area contributed by atoms with E-state index in [2.05, 4.69) is 16.7 Å². The molecule has 1 aromatic heterocycles. The number of carbonyl (C=O) groups excluding carboxylic acids is 1. The van der Waals surface area contributed by atoms with Gasteiger partial charge in [0.1, 0.15) is 5.69 Å². The average molecular weight is 261 g/mol. The molecule has 2 unspecified atom stereocenters. The van der Waals surface area contributed by atoms with Crippen LogP contribution in [-0.4, -0.2) is 21.3 Å². The minimum Gasteiger partial charge on any atom is -0.292 e. The van der Waals surface area contributed by atoms with E-state index < -0.39 is 0 Å². The maximum Gasteiger partial charge on any atom is 0.184 e. The van der Waals surface area contributed by atoms with Gasteiger partial charge in [0.25, 0.3) is 0 Å². The maximum absolute atomic E-state index is 12.6. The first-order valence-corrected chi connectivity index (χ1v) is 7.79. The SMILES string of the molecule is Cc1cccnc1C(=O)C1CC2CCCC(C1)S2. The van der Waals surface area contributed by atoms with Crippen LogP contribution in [0.4, 0.5) is 0 Å². The number of thioether (sulfide) groups is 1. The first kappa shape index (κ1) is 12.2. The molecule has 2 fully saturated rings. The van der Waals surface area contributed by atoms with E-state index in [0.717, 1.165) is 28.9 Å². The van der Waals surface area contributed by atoms with Gasteiger partial charge >= 0.3 is 0 Å². The normalized spacial score (nSPS) is 31.1. The molecule has 2 saturated heterocycles. The number of ketones is 1. The van der Waals surface area contributed by atoms with Gasteiger partial charge in [-0.05, 0) is 44.2 Å². The highest BCUT2D eigenvalue weighted by molar-refractivity contribution is 8.00. The van der Waals surface area contributed by atoms with Gasteiger partial charge in [0.2, 0.25) is 0 Å². The summed E-state index contributed by atoms with van der Waals surface area (Å²) < 4.78 is 0. The number of hydrogen-bond acceptors (Lipinski definition) is 3. The van der Waals surface area contributed by atoms with Gasteiger partial charge in [0, 0.05) is 22.6 Å². The Kier molecular flexibility index (Phi) is 3.42. The largest absolute Gasteiger partial charge is 0.292 e. The van der Waals surface area contributed by atoms with Crippen LogP contribution in [-0.2, 0) is 0 Å². The highest BCUT2D eigenvalue weighted by atomic mass is 32.2. The van der Waals surface area contributed by atoms with Crippen molar-refractivity contribution in [1.29, 1.82) is 0 Å². The summed E-state index contributed by atoms with van der Waals surface area (Å²) in [6.45, 7) is 1.98. The second kappa shape index (κ2) is 5.04. The van der Waals surface area contributed by atoms with Crippen LogP contribution in [0.3, 0.4) is 0 Å². The molecule has 0 aromatic carbocycles. The number of aryl methyl sites for hydroxylation is 1. The van der Waals surface area contributed by atoms with Crippen molar-refractivity contribution < 1.29 is 4.79 Å². The molecule has 96 valence electrons. The fourth-order valence-corrected chi connectivity index (χ4v) is 5.05. The van der Waals surface area contributed by atoms with Crippen LogP contribution in [0.15, 0.2) is 18.3 Å². The third kappa shape index (κ3) is 2.33. The van der Waals surface area contributed by atoms with Gasteiger partial charge in [-0.3, -0.25) is 9.78 Å². The molecular weight excluding hydrogens is 242 g/mol. The van der Waals surface area contributed by atoms with E-state index in [0.29, 0.717) is 5.69 Å². The van der Waals surface area contributed by atoms with Gasteiger partial charge in [0.15, 0.2) is 5.78 Å². The van der Waals surface area contributed by atoms with Crippen LogP contribution in [0.25, 0.3) is 0 Å². The predicted molar refractivity (Wildman–Crippen MR) is 75.0 cm³/mol. The topological polar surface area (TPSA) is 30.0 Å². The molecule has 3 heterocycles. The third-order valence-electron chi connectivity index (χ3n) is 4.15. The molecule has 1 aromatic rings. The summed E-state index contributed by atoms with van der Waals surface area (Å²) in [7, 11) is 0. The molecule has 18 heavy (non-hydrogen) atoms. The van der Waals surface area contributed by atoms with Crippen molar-refractivity contribution in [3.8, 4) is 0 Å². The van der Waals surface area contributed by atoms with Crippen LogP contribution in [0.2, 0.25) is 0 Å². The summed E-state index contributed by atoms with van der Waals surface area (Å²) >= 11 is 2.12. The Morgan fingerprint density at radius 3 is 2.72 bits per heavy atom. The van der Waals surface area contributed by atoms with Crippen molar-refractivity contribution >= 4 is 17.5 Å². The van der Waals surface area contributed by atoms with Gasteiger partial charge in [-0.2, -0.15) is 11.8 Å². The lowest BCUT2D eigenvalue weighted by molar-refractivity contribution is 0.0891. The van der Waals surface area contributed by atoms with Crippen LogP contribution in [0.1, 0.15) is 48.2 Å². The molecule has 2 bridgehead atoms. The molecule has 0 amide bonds. The van der Waals surface area contributed by atoms with Crippen molar-refractivity contribution in [2.24, 2.45) is 5.92 Å². The quantitative estimate of drug-likeness (QED) is 0.761. The molecule has 0 radical (unpaired) electrons. The van der Waals surface area contributed by atoms with Gasteiger partial charge in [0.05, 0.1) is 0 Å². The van der Waals surface area contributed by atoms with Gasteiger partial charge < -0.3 is 0 Å². The van der Waals surface area contributed by atoms with Gasteiger partial charge in [-0.15, -0.1) is 0 Å². The summed E-state index contributed by atoms with van der Waals surface area (Å²) in [4.78, 5) is 16.9. The van der Waals surface area contributed by atoms with E-state index in [-0.39, 0.29) is 11.7 Å². The van der Waals surface area contributed by atoms with Crippen molar-refractivity contribution in [1.82, 2.24) is 4.98 Å². The molecule has 2 atom stereocenters. The van der Waals surface area contributed by atoms with Crippen LogP contribution >= 0.6 is 11.8 Å². The van der Waals surface area contributed by atoms with E-state index >= 15 is 0 Å². The second-order valence-corrected chi connectivity index (χ2v) is 7.12. The van der Waals surface area contributed by atoms with E-state index in [4.69, 9.17) is 0 Å². The third-order valence-corrected chi connectivity index (χ3v) is 5.77. The summed E-state index contributed by atoms with van der Waals surface area (Å²) in [5, 5.41) is 1.44. The number of carbonyl (C=O) groups is 1. The summed E-state index contributed by atoms with van der Waals surface area (Å²) in [6, 6.07) is 3.89. The van der Waals surface area contributed by atoms with Crippen LogP contribution in [0.5, 0.6) is 0 Å². The van der Waals surface area contributed by atoms with E-state index in [1.807, 2.05) is 19.1 Å². The zero-order valence-electron chi connectivity index (χ0n) is 10.8. The minimum absolute atomic E-state index is 0.218. The van der Waals surface area contributed by atoms with Crippen LogP contribution in [0, 0.1) is 12.8 Å². The van der Waals surface area contributed by atoms with Crippen molar-refractivity contribution in [2.45, 2.75) is 49.5 Å². The number of nitrogens with zero attached hydrogens (tertiary/aromatic N) is 1. The Morgan fingerprint density at radius 1 is 1.33 bits per heavy atom. The second-order valence-electron chi connectivity index (χ2n) is 5.51. The Labute approximate surface area is 113 Å². The lowest BCUT2D eigenvalue weighted by atomic mass is 9.85. The summed E-state index contributed by atoms with van der Waals surface area (Å²) in [6.07, 6.45) is 7.81. The smallest absolute Gasteiger partial charge is 0.184 e.